The molecule has 2 atom stereocenters. The monoisotopic (exact) mass is 306 g/mol. The van der Waals surface area contributed by atoms with Crippen molar-refractivity contribution in [2.24, 2.45) is 0 Å². The number of ether oxygens (including phenoxy) is 1. The number of aromatic nitrogens is 2. The molecule has 2 rings (SSSR count). The molecule has 0 spiro atoms. The number of rotatable bonds is 4. The first-order valence-corrected chi connectivity index (χ1v) is 7.86. The van der Waals surface area contributed by atoms with Crippen molar-refractivity contribution in [1.29, 1.82) is 0 Å². The summed E-state index contributed by atoms with van der Waals surface area (Å²) in [5.41, 5.74) is 0.453. The largest absolute Gasteiger partial charge is 0.444 e. The van der Waals surface area contributed by atoms with Crippen LogP contribution in [-0.4, -0.2) is 45.7 Å². The number of hydrogen-bond acceptors (Lipinski definition) is 5. The van der Waals surface area contributed by atoms with E-state index in [-0.39, 0.29) is 18.2 Å². The second kappa shape index (κ2) is 7.05. The molecule has 0 aliphatic carbocycles. The van der Waals surface area contributed by atoms with Gasteiger partial charge in [0.15, 0.2) is 0 Å². The van der Waals surface area contributed by atoms with Crippen molar-refractivity contribution >= 4 is 6.09 Å². The normalized spacial score (nSPS) is 20.0. The molecule has 1 aliphatic rings. The van der Waals surface area contributed by atoms with Crippen LogP contribution < -0.4 is 5.32 Å². The highest BCUT2D eigenvalue weighted by atomic mass is 16.6. The van der Waals surface area contributed by atoms with Gasteiger partial charge in [0.2, 0.25) is 0 Å². The summed E-state index contributed by atoms with van der Waals surface area (Å²) >= 11 is 0. The fraction of sp³-hybridized carbons (Fsp3) is 0.688. The van der Waals surface area contributed by atoms with Crippen LogP contribution in [0.3, 0.4) is 0 Å². The number of amides is 1. The Morgan fingerprint density at radius 1 is 1.50 bits per heavy atom. The zero-order valence-electron chi connectivity index (χ0n) is 13.9. The van der Waals surface area contributed by atoms with Crippen LogP contribution in [0.15, 0.2) is 18.6 Å². The van der Waals surface area contributed by atoms with Crippen molar-refractivity contribution in [2.45, 2.75) is 58.2 Å². The highest BCUT2D eigenvalue weighted by Gasteiger charge is 2.32. The summed E-state index contributed by atoms with van der Waals surface area (Å²) in [6.45, 7) is 9.23. The van der Waals surface area contributed by atoms with E-state index in [1.807, 2.05) is 25.7 Å². The van der Waals surface area contributed by atoms with E-state index in [9.17, 15) is 4.79 Å². The van der Waals surface area contributed by atoms with Crippen LogP contribution in [-0.2, 0) is 4.74 Å². The highest BCUT2D eigenvalue weighted by Crippen LogP contribution is 2.21. The predicted octanol–water partition coefficient (Wildman–Crippen LogP) is 2.53. The fourth-order valence-corrected chi connectivity index (χ4v) is 2.56. The van der Waals surface area contributed by atoms with Crippen LogP contribution in [0.25, 0.3) is 0 Å². The maximum absolute atomic E-state index is 12.2. The molecule has 1 aliphatic heterocycles. The smallest absolute Gasteiger partial charge is 0.410 e. The van der Waals surface area contributed by atoms with E-state index < -0.39 is 5.60 Å². The standard InChI is InChI=1S/C16H26N4O2/c1-12(14-11-17-7-8-18-14)19-10-13-6-5-9-20(13)15(21)22-16(2,3)4/h7-8,11-13,19H,5-6,9-10H2,1-4H3/t12-,13-/m1/s1. The Balaban J connectivity index is 1.87. The molecular weight excluding hydrogens is 280 g/mol. The van der Waals surface area contributed by atoms with Gasteiger partial charge in [-0.25, -0.2) is 4.79 Å². The van der Waals surface area contributed by atoms with Crippen molar-refractivity contribution in [1.82, 2.24) is 20.2 Å². The number of likely N-dealkylation sites (tertiary alicyclic amines) is 1. The van der Waals surface area contributed by atoms with E-state index in [4.69, 9.17) is 4.74 Å². The van der Waals surface area contributed by atoms with Gasteiger partial charge in [-0.3, -0.25) is 9.97 Å². The topological polar surface area (TPSA) is 67.4 Å². The average Bonchev–Trinajstić information content (AvgIpc) is 2.92. The summed E-state index contributed by atoms with van der Waals surface area (Å²) in [6, 6.07) is 0.281. The van der Waals surface area contributed by atoms with Gasteiger partial charge < -0.3 is 15.0 Å². The summed E-state index contributed by atoms with van der Waals surface area (Å²) in [7, 11) is 0. The molecule has 2 heterocycles. The van der Waals surface area contributed by atoms with Gasteiger partial charge in [0.05, 0.1) is 5.69 Å². The van der Waals surface area contributed by atoms with Crippen LogP contribution in [0.4, 0.5) is 4.79 Å². The molecule has 0 unspecified atom stereocenters. The van der Waals surface area contributed by atoms with Crippen LogP contribution >= 0.6 is 0 Å². The van der Waals surface area contributed by atoms with E-state index in [2.05, 4.69) is 22.2 Å². The number of hydrogen-bond donors (Lipinski definition) is 1. The van der Waals surface area contributed by atoms with Gasteiger partial charge in [0.1, 0.15) is 5.60 Å². The molecule has 0 radical (unpaired) electrons. The second-order valence-corrected chi connectivity index (χ2v) is 6.73. The van der Waals surface area contributed by atoms with Crippen LogP contribution in [0, 0.1) is 0 Å². The first-order chi connectivity index (χ1) is 10.4. The second-order valence-electron chi connectivity index (χ2n) is 6.73. The van der Waals surface area contributed by atoms with E-state index >= 15 is 0 Å². The lowest BCUT2D eigenvalue weighted by molar-refractivity contribution is 0.0225. The summed E-state index contributed by atoms with van der Waals surface area (Å²) in [5.74, 6) is 0. The van der Waals surface area contributed by atoms with Crippen molar-refractivity contribution in [3.8, 4) is 0 Å². The zero-order chi connectivity index (χ0) is 16.2. The zero-order valence-corrected chi connectivity index (χ0v) is 13.9. The number of nitrogens with one attached hydrogen (secondary N) is 1. The van der Waals surface area contributed by atoms with Crippen molar-refractivity contribution in [3.63, 3.8) is 0 Å². The molecule has 1 aromatic rings. The van der Waals surface area contributed by atoms with E-state index in [0.717, 1.165) is 31.6 Å². The van der Waals surface area contributed by atoms with Gasteiger partial charge in [0, 0.05) is 43.8 Å². The number of carbonyl (C=O) groups excluding carboxylic acids is 1. The van der Waals surface area contributed by atoms with Gasteiger partial charge in [-0.2, -0.15) is 0 Å². The van der Waals surface area contributed by atoms with Crippen molar-refractivity contribution in [2.75, 3.05) is 13.1 Å². The molecule has 1 amide bonds. The Hall–Kier alpha value is -1.69. The van der Waals surface area contributed by atoms with Gasteiger partial charge in [-0.1, -0.05) is 0 Å². The first kappa shape index (κ1) is 16.7. The average molecular weight is 306 g/mol. The molecule has 0 bridgehead atoms. The summed E-state index contributed by atoms with van der Waals surface area (Å²) in [4.78, 5) is 22.5. The Labute approximate surface area is 132 Å². The van der Waals surface area contributed by atoms with Gasteiger partial charge >= 0.3 is 6.09 Å². The third-order valence-corrected chi connectivity index (χ3v) is 3.69. The summed E-state index contributed by atoms with van der Waals surface area (Å²) < 4.78 is 5.48. The van der Waals surface area contributed by atoms with Gasteiger partial charge in [-0.15, -0.1) is 0 Å². The maximum Gasteiger partial charge on any atom is 0.410 e. The minimum absolute atomic E-state index is 0.106. The highest BCUT2D eigenvalue weighted by molar-refractivity contribution is 5.69. The Bertz CT molecular complexity index is 487. The van der Waals surface area contributed by atoms with Crippen LogP contribution in [0.1, 0.15) is 52.3 Å². The lowest BCUT2D eigenvalue weighted by Gasteiger charge is -2.29. The molecule has 0 saturated carbocycles. The quantitative estimate of drug-likeness (QED) is 0.926. The van der Waals surface area contributed by atoms with Crippen LogP contribution in [0.5, 0.6) is 0 Å². The molecule has 1 aromatic heterocycles. The lowest BCUT2D eigenvalue weighted by atomic mass is 10.2. The molecular formula is C16H26N4O2. The van der Waals surface area contributed by atoms with E-state index in [1.165, 1.54) is 0 Å². The minimum Gasteiger partial charge on any atom is -0.444 e. The molecule has 1 N–H and O–H groups in total. The van der Waals surface area contributed by atoms with Gasteiger partial charge in [0.25, 0.3) is 0 Å². The summed E-state index contributed by atoms with van der Waals surface area (Å²) in [6.07, 6.45) is 6.92. The number of carbonyl (C=O) groups is 1. The third-order valence-electron chi connectivity index (χ3n) is 3.69. The summed E-state index contributed by atoms with van der Waals surface area (Å²) in [5, 5.41) is 3.44. The van der Waals surface area contributed by atoms with E-state index in [0.29, 0.717) is 0 Å². The van der Waals surface area contributed by atoms with Crippen LogP contribution in [0.2, 0.25) is 0 Å². The maximum atomic E-state index is 12.2. The molecule has 22 heavy (non-hydrogen) atoms. The first-order valence-electron chi connectivity index (χ1n) is 7.86. The molecule has 6 nitrogen and oxygen atoms in total. The SMILES string of the molecule is C[C@@H](NC[C@H]1CCCN1C(=O)OC(C)(C)C)c1cnccn1. The Morgan fingerprint density at radius 3 is 2.91 bits per heavy atom. The molecule has 122 valence electrons. The number of nitrogens with zero attached hydrogens (tertiary/aromatic N) is 3. The molecule has 1 saturated heterocycles. The van der Waals surface area contributed by atoms with Crippen molar-refractivity contribution in [3.05, 3.63) is 24.3 Å². The van der Waals surface area contributed by atoms with E-state index in [1.54, 1.807) is 18.6 Å². The molecule has 1 fully saturated rings. The lowest BCUT2D eigenvalue weighted by Crippen LogP contribution is -2.44. The third kappa shape index (κ3) is 4.66. The fourth-order valence-electron chi connectivity index (χ4n) is 2.56. The Kier molecular flexibility index (Phi) is 5.34. The Morgan fingerprint density at radius 2 is 2.27 bits per heavy atom. The van der Waals surface area contributed by atoms with Crippen molar-refractivity contribution < 1.29 is 9.53 Å². The predicted molar refractivity (Wildman–Crippen MR) is 84.4 cm³/mol. The molecule has 0 aromatic carbocycles. The minimum atomic E-state index is -0.454. The van der Waals surface area contributed by atoms with Gasteiger partial charge in [-0.05, 0) is 40.5 Å². The molecule has 6 heteroatoms.